The van der Waals surface area contributed by atoms with E-state index >= 15 is 0 Å². The van der Waals surface area contributed by atoms with E-state index in [1.807, 2.05) is 0 Å². The quantitative estimate of drug-likeness (QED) is 0.828. The van der Waals surface area contributed by atoms with Crippen molar-refractivity contribution in [2.45, 2.75) is 70.9 Å². The molecule has 1 nitrogen and oxygen atoms in total. The highest BCUT2D eigenvalue weighted by molar-refractivity contribution is 5.27. The maximum absolute atomic E-state index is 3.76. The lowest BCUT2D eigenvalue weighted by atomic mass is 9.75. The molecule has 18 heavy (non-hydrogen) atoms. The maximum Gasteiger partial charge on any atom is 0.0210 e. The molecule has 0 bridgehead atoms. The fourth-order valence-electron chi connectivity index (χ4n) is 2.67. The second-order valence-corrected chi connectivity index (χ2v) is 6.79. The van der Waals surface area contributed by atoms with Gasteiger partial charge in [0, 0.05) is 12.1 Å². The van der Waals surface area contributed by atoms with Crippen molar-refractivity contribution in [2.75, 3.05) is 0 Å². The van der Waals surface area contributed by atoms with Crippen molar-refractivity contribution in [3.8, 4) is 0 Å². The SMILES string of the molecule is CCC1(NCc2ccc(C(C)(C)C)cc2)CCC1. The molecule has 0 amide bonds. The van der Waals surface area contributed by atoms with Crippen LogP contribution >= 0.6 is 0 Å². The van der Waals surface area contributed by atoms with E-state index in [1.165, 1.54) is 36.8 Å². The van der Waals surface area contributed by atoms with E-state index in [-0.39, 0.29) is 5.41 Å². The lowest BCUT2D eigenvalue weighted by Gasteiger charge is -2.42. The molecular formula is C17H27N. The van der Waals surface area contributed by atoms with Gasteiger partial charge in [0.2, 0.25) is 0 Å². The van der Waals surface area contributed by atoms with Crippen LogP contribution in [0.15, 0.2) is 24.3 Å². The third-order valence-corrected chi connectivity index (χ3v) is 4.47. The van der Waals surface area contributed by atoms with Gasteiger partial charge < -0.3 is 5.32 Å². The summed E-state index contributed by atoms with van der Waals surface area (Å²) in [7, 11) is 0. The Morgan fingerprint density at radius 2 is 1.72 bits per heavy atom. The van der Waals surface area contributed by atoms with Crippen LogP contribution in [0, 0.1) is 0 Å². The highest BCUT2D eigenvalue weighted by atomic mass is 15.0. The van der Waals surface area contributed by atoms with Crippen molar-refractivity contribution >= 4 is 0 Å². The Balaban J connectivity index is 1.94. The number of hydrogen-bond donors (Lipinski definition) is 1. The molecule has 1 aromatic carbocycles. The maximum atomic E-state index is 3.76. The summed E-state index contributed by atoms with van der Waals surface area (Å²) in [6.45, 7) is 10.1. The normalized spacial score (nSPS) is 18.4. The van der Waals surface area contributed by atoms with Gasteiger partial charge in [-0.3, -0.25) is 0 Å². The standard InChI is InChI=1S/C17H27N/c1-5-17(11-6-12-17)18-13-14-7-9-15(10-8-14)16(2,3)4/h7-10,18H,5-6,11-13H2,1-4H3. The lowest BCUT2D eigenvalue weighted by Crippen LogP contribution is -2.49. The predicted octanol–water partition coefficient (Wildman–Crippen LogP) is 4.41. The molecule has 1 aromatic rings. The van der Waals surface area contributed by atoms with Crippen molar-refractivity contribution in [1.82, 2.24) is 5.32 Å². The third-order valence-electron chi connectivity index (χ3n) is 4.47. The Bertz CT molecular complexity index is 374. The molecule has 1 aliphatic carbocycles. The highest BCUT2D eigenvalue weighted by Gasteiger charge is 2.34. The van der Waals surface area contributed by atoms with Gasteiger partial charge in [-0.25, -0.2) is 0 Å². The van der Waals surface area contributed by atoms with Crippen LogP contribution in [0.25, 0.3) is 0 Å². The van der Waals surface area contributed by atoms with Crippen LogP contribution in [-0.2, 0) is 12.0 Å². The Labute approximate surface area is 112 Å². The summed E-state index contributed by atoms with van der Waals surface area (Å²) in [5.41, 5.74) is 3.52. The first-order valence-corrected chi connectivity index (χ1v) is 7.30. The Morgan fingerprint density at radius 3 is 2.11 bits per heavy atom. The van der Waals surface area contributed by atoms with Gasteiger partial charge in [0.25, 0.3) is 0 Å². The van der Waals surface area contributed by atoms with Crippen LogP contribution in [0.3, 0.4) is 0 Å². The topological polar surface area (TPSA) is 12.0 Å². The van der Waals surface area contributed by atoms with Gasteiger partial charge in [-0.1, -0.05) is 52.0 Å². The highest BCUT2D eigenvalue weighted by Crippen LogP contribution is 2.34. The van der Waals surface area contributed by atoms with Crippen LogP contribution in [0.2, 0.25) is 0 Å². The van der Waals surface area contributed by atoms with E-state index in [9.17, 15) is 0 Å². The molecule has 0 aromatic heterocycles. The molecule has 100 valence electrons. The van der Waals surface area contributed by atoms with Gasteiger partial charge in [0.05, 0.1) is 0 Å². The van der Waals surface area contributed by atoms with Crippen molar-refractivity contribution in [1.29, 1.82) is 0 Å². The summed E-state index contributed by atoms with van der Waals surface area (Å²) in [4.78, 5) is 0. The molecule has 1 saturated carbocycles. The summed E-state index contributed by atoms with van der Waals surface area (Å²) in [5.74, 6) is 0. The summed E-state index contributed by atoms with van der Waals surface area (Å²) in [6.07, 6.45) is 5.35. The largest absolute Gasteiger partial charge is 0.307 e. The first-order chi connectivity index (χ1) is 8.45. The number of nitrogens with one attached hydrogen (secondary N) is 1. The van der Waals surface area contributed by atoms with Crippen LogP contribution in [0.4, 0.5) is 0 Å². The van der Waals surface area contributed by atoms with E-state index in [4.69, 9.17) is 0 Å². The average Bonchev–Trinajstić information content (AvgIpc) is 2.28. The third kappa shape index (κ3) is 2.95. The average molecular weight is 245 g/mol. The second-order valence-electron chi connectivity index (χ2n) is 6.79. The second kappa shape index (κ2) is 5.05. The smallest absolute Gasteiger partial charge is 0.0210 e. The van der Waals surface area contributed by atoms with E-state index in [1.54, 1.807) is 0 Å². The molecule has 0 atom stereocenters. The molecule has 0 radical (unpaired) electrons. The Kier molecular flexibility index (Phi) is 3.82. The van der Waals surface area contributed by atoms with Gasteiger partial charge in [0.15, 0.2) is 0 Å². The van der Waals surface area contributed by atoms with Crippen molar-refractivity contribution < 1.29 is 0 Å². The Hall–Kier alpha value is -0.820. The first kappa shape index (κ1) is 13.6. The molecule has 0 heterocycles. The summed E-state index contributed by atoms with van der Waals surface area (Å²) >= 11 is 0. The molecule has 1 N–H and O–H groups in total. The van der Waals surface area contributed by atoms with E-state index in [0.29, 0.717) is 5.54 Å². The number of rotatable bonds is 4. The van der Waals surface area contributed by atoms with Gasteiger partial charge in [0.1, 0.15) is 0 Å². The first-order valence-electron chi connectivity index (χ1n) is 7.30. The van der Waals surface area contributed by atoms with E-state index in [2.05, 4.69) is 57.3 Å². The monoisotopic (exact) mass is 245 g/mol. The zero-order valence-electron chi connectivity index (χ0n) is 12.3. The van der Waals surface area contributed by atoms with Crippen molar-refractivity contribution in [3.63, 3.8) is 0 Å². The molecule has 0 unspecified atom stereocenters. The molecular weight excluding hydrogens is 218 g/mol. The summed E-state index contributed by atoms with van der Waals surface area (Å²) in [6, 6.07) is 9.10. The van der Waals surface area contributed by atoms with E-state index in [0.717, 1.165) is 6.54 Å². The minimum atomic E-state index is 0.255. The predicted molar refractivity (Wildman–Crippen MR) is 78.9 cm³/mol. The zero-order valence-corrected chi connectivity index (χ0v) is 12.3. The van der Waals surface area contributed by atoms with E-state index < -0.39 is 0 Å². The number of hydrogen-bond acceptors (Lipinski definition) is 1. The van der Waals surface area contributed by atoms with Gasteiger partial charge >= 0.3 is 0 Å². The molecule has 0 spiro atoms. The van der Waals surface area contributed by atoms with Gasteiger partial charge in [-0.2, -0.15) is 0 Å². The zero-order chi connectivity index (χ0) is 13.2. The summed E-state index contributed by atoms with van der Waals surface area (Å²) in [5, 5.41) is 3.76. The lowest BCUT2D eigenvalue weighted by molar-refractivity contribution is 0.175. The molecule has 0 aliphatic heterocycles. The van der Waals surface area contributed by atoms with Gasteiger partial charge in [-0.15, -0.1) is 0 Å². The Morgan fingerprint density at radius 1 is 1.11 bits per heavy atom. The molecule has 1 aliphatic rings. The molecule has 0 saturated heterocycles. The molecule has 1 heteroatoms. The van der Waals surface area contributed by atoms with Gasteiger partial charge in [-0.05, 0) is 42.2 Å². The minimum absolute atomic E-state index is 0.255. The summed E-state index contributed by atoms with van der Waals surface area (Å²) < 4.78 is 0. The van der Waals surface area contributed by atoms with Crippen LogP contribution in [0.1, 0.15) is 64.5 Å². The van der Waals surface area contributed by atoms with Crippen molar-refractivity contribution in [2.24, 2.45) is 0 Å². The van der Waals surface area contributed by atoms with Crippen LogP contribution in [0.5, 0.6) is 0 Å². The fourth-order valence-corrected chi connectivity index (χ4v) is 2.67. The fraction of sp³-hybridized carbons (Fsp3) is 0.647. The molecule has 1 fully saturated rings. The van der Waals surface area contributed by atoms with Crippen molar-refractivity contribution in [3.05, 3.63) is 35.4 Å². The minimum Gasteiger partial charge on any atom is -0.307 e. The molecule has 2 rings (SSSR count). The van der Waals surface area contributed by atoms with Crippen LogP contribution < -0.4 is 5.32 Å². The van der Waals surface area contributed by atoms with Crippen LogP contribution in [-0.4, -0.2) is 5.54 Å². The number of benzene rings is 1.